The van der Waals surface area contributed by atoms with E-state index in [2.05, 4.69) is 36.5 Å². The Bertz CT molecular complexity index is 324. The molecule has 2 aliphatic carbocycles. The van der Waals surface area contributed by atoms with Crippen LogP contribution in [0, 0.1) is 47.7 Å². The summed E-state index contributed by atoms with van der Waals surface area (Å²) in [5.74, 6) is 0. The molecule has 0 saturated heterocycles. The van der Waals surface area contributed by atoms with Gasteiger partial charge in [0.05, 0.1) is 0 Å². The van der Waals surface area contributed by atoms with Gasteiger partial charge < -0.3 is 5.21 Å². The van der Waals surface area contributed by atoms with E-state index in [4.69, 9.17) is 15.3 Å². The average molecular weight is 333 g/mol. The summed E-state index contributed by atoms with van der Waals surface area (Å²) in [5, 5.41) is 13.6. The molecule has 5 heteroatoms. The van der Waals surface area contributed by atoms with Crippen LogP contribution in [0.15, 0.2) is 38.6 Å². The maximum absolute atomic E-state index is 8.36. The summed E-state index contributed by atoms with van der Waals surface area (Å²) in [4.78, 5) is 8.36. The maximum Gasteiger partial charge on any atom is 0.291 e. The maximum atomic E-state index is 8.36. The van der Waals surface area contributed by atoms with Crippen molar-refractivity contribution in [3.05, 3.63) is 48.8 Å². The number of hydrogen-bond donors (Lipinski definition) is 1. The van der Waals surface area contributed by atoms with Gasteiger partial charge in [-0.25, -0.2) is 0 Å². The van der Waals surface area contributed by atoms with E-state index in [-0.39, 0.29) is 0 Å². The van der Waals surface area contributed by atoms with Gasteiger partial charge >= 0.3 is 89.0 Å². The van der Waals surface area contributed by atoms with E-state index in [1.165, 1.54) is 12.8 Å². The van der Waals surface area contributed by atoms with Gasteiger partial charge in [0.15, 0.2) is 0 Å². The van der Waals surface area contributed by atoms with Crippen LogP contribution in [-0.4, -0.2) is 10.3 Å². The fraction of sp³-hybridized carbons (Fsp3) is 0.200. The van der Waals surface area contributed by atoms with Gasteiger partial charge in [-0.15, -0.1) is 10.1 Å². The molecule has 0 atom stereocenters. The third-order valence-corrected chi connectivity index (χ3v) is 6.21. The standard InChI is InChI=1S/2C5H5.Ce.HNO3/c2*1-2-4-5-3-1;;2-1(3)4/h2*1-3H,4H2;;(H,2,3,4). The summed E-state index contributed by atoms with van der Waals surface area (Å²) in [6.07, 6.45) is 16.1. The Labute approximate surface area is 108 Å². The van der Waals surface area contributed by atoms with Crippen molar-refractivity contribution in [3.8, 4) is 0 Å². The Morgan fingerprint density at radius 3 is 1.87 bits per heavy atom. The van der Waals surface area contributed by atoms with E-state index in [9.17, 15) is 0 Å². The number of hydrogen-bond acceptors (Lipinski definition) is 2. The second-order valence-electron chi connectivity index (χ2n) is 3.01. The zero-order valence-electron chi connectivity index (χ0n) is 8.09. The van der Waals surface area contributed by atoms with Crippen molar-refractivity contribution in [1.82, 2.24) is 0 Å². The average Bonchev–Trinajstić information content (AvgIpc) is 2.76. The van der Waals surface area contributed by atoms with Crippen molar-refractivity contribution in [2.75, 3.05) is 0 Å². The SMILES string of the molecule is C1=CC[C]([Ce][C]2=CC=CC2)=C1.O=[N+]([O-])O. The molecule has 2 aliphatic rings. The van der Waals surface area contributed by atoms with E-state index < -0.39 is 42.6 Å². The molecule has 0 heterocycles. The molecule has 0 saturated carbocycles. The van der Waals surface area contributed by atoms with E-state index in [0.717, 1.165) is 0 Å². The Balaban J connectivity index is 0.000000245. The van der Waals surface area contributed by atoms with E-state index >= 15 is 0 Å². The van der Waals surface area contributed by atoms with Crippen LogP contribution >= 0.6 is 0 Å². The molecule has 0 aromatic rings. The summed E-state index contributed by atoms with van der Waals surface area (Å²) in [5.41, 5.74) is 0. The molecule has 15 heavy (non-hydrogen) atoms. The van der Waals surface area contributed by atoms with Gasteiger partial charge in [-0.3, -0.25) is 0 Å². The van der Waals surface area contributed by atoms with Crippen LogP contribution in [0.25, 0.3) is 0 Å². The normalized spacial score (nSPS) is 16.5. The summed E-state index contributed by atoms with van der Waals surface area (Å²) in [7, 11) is 0. The Hall–Kier alpha value is -0.463. The molecule has 4 nitrogen and oxygen atoms in total. The van der Waals surface area contributed by atoms with Gasteiger partial charge in [0.1, 0.15) is 0 Å². The van der Waals surface area contributed by atoms with Crippen LogP contribution in [0.2, 0.25) is 0 Å². The first-order chi connectivity index (χ1) is 7.18. The smallest absolute Gasteiger partial charge is 0.291 e. The Kier molecular flexibility index (Phi) is 5.81. The van der Waals surface area contributed by atoms with Gasteiger partial charge in [-0.2, -0.15) is 0 Å². The van der Waals surface area contributed by atoms with Gasteiger partial charge in [0.2, 0.25) is 0 Å². The first-order valence-electron chi connectivity index (χ1n) is 4.50. The van der Waals surface area contributed by atoms with Crippen molar-refractivity contribution < 1.29 is 47.8 Å². The first-order valence-corrected chi connectivity index (χ1v) is 7.64. The van der Waals surface area contributed by atoms with Crippen LogP contribution in [-0.2, 0) is 0 Å². The van der Waals surface area contributed by atoms with E-state index in [1.807, 2.05) is 0 Å². The van der Waals surface area contributed by atoms with Gasteiger partial charge in [-0.05, 0) is 0 Å². The van der Waals surface area contributed by atoms with Crippen LogP contribution < -0.4 is 0 Å². The van der Waals surface area contributed by atoms with Crippen LogP contribution in [0.4, 0.5) is 0 Å². The van der Waals surface area contributed by atoms with Crippen LogP contribution in [0.1, 0.15) is 12.8 Å². The van der Waals surface area contributed by atoms with E-state index in [1.54, 1.807) is 2.18 Å². The molecular weight excluding hydrogens is 322 g/mol. The molecule has 0 spiro atoms. The molecular formula is C10H11CeNO3. The summed E-state index contributed by atoms with van der Waals surface area (Å²) in [6.45, 7) is 0. The fourth-order valence-corrected chi connectivity index (χ4v) is 5.09. The van der Waals surface area contributed by atoms with Crippen LogP contribution in [0.3, 0.4) is 0 Å². The van der Waals surface area contributed by atoms with Gasteiger partial charge in [-0.1, -0.05) is 0 Å². The monoisotopic (exact) mass is 333 g/mol. The Morgan fingerprint density at radius 1 is 1.20 bits per heavy atom. The third kappa shape index (κ3) is 5.86. The second kappa shape index (κ2) is 6.92. The molecule has 78 valence electrons. The summed E-state index contributed by atoms with van der Waals surface area (Å²) in [6, 6.07) is 0. The molecule has 0 unspecified atom stereocenters. The predicted octanol–water partition coefficient (Wildman–Crippen LogP) is 2.41. The molecule has 0 aliphatic heterocycles. The van der Waals surface area contributed by atoms with Crippen molar-refractivity contribution in [2.24, 2.45) is 0 Å². The topological polar surface area (TPSA) is 63.4 Å². The Morgan fingerprint density at radius 2 is 1.60 bits per heavy atom. The zero-order chi connectivity index (χ0) is 11.1. The minimum Gasteiger partial charge on any atom is -0.328 e. The predicted molar refractivity (Wildman–Crippen MR) is 52.5 cm³/mol. The minimum absolute atomic E-state index is 0.526. The number of rotatable bonds is 2. The number of nitrogens with zero attached hydrogens (tertiary/aromatic N) is 1. The molecule has 0 radical (unpaired) electrons. The van der Waals surface area contributed by atoms with Crippen molar-refractivity contribution in [1.29, 1.82) is 0 Å². The molecule has 1 N–H and O–H groups in total. The fourth-order valence-electron chi connectivity index (χ4n) is 1.29. The minimum atomic E-state index is -1.50. The molecule has 0 fully saturated rings. The van der Waals surface area contributed by atoms with Crippen molar-refractivity contribution >= 4 is 0 Å². The first kappa shape index (κ1) is 12.6. The number of allylic oxidation sites excluding steroid dienone is 8. The van der Waals surface area contributed by atoms with Crippen molar-refractivity contribution in [3.63, 3.8) is 0 Å². The largest absolute Gasteiger partial charge is 0.328 e. The van der Waals surface area contributed by atoms with Crippen LogP contribution in [0.5, 0.6) is 0 Å². The second-order valence-corrected chi connectivity index (χ2v) is 7.83. The van der Waals surface area contributed by atoms with Crippen molar-refractivity contribution in [2.45, 2.75) is 12.8 Å². The summed E-state index contributed by atoms with van der Waals surface area (Å²) < 4.78 is 3.50. The van der Waals surface area contributed by atoms with E-state index in [0.29, 0.717) is 0 Å². The molecule has 2 rings (SSSR count). The molecule has 0 aromatic carbocycles. The third-order valence-electron chi connectivity index (χ3n) is 1.86. The van der Waals surface area contributed by atoms with Gasteiger partial charge in [0.25, 0.3) is 5.09 Å². The molecule has 0 aromatic heterocycles. The van der Waals surface area contributed by atoms with Gasteiger partial charge in [0, 0.05) is 0 Å². The molecule has 0 amide bonds. The summed E-state index contributed by atoms with van der Waals surface area (Å²) >= 11 is -0.526. The zero-order valence-corrected chi connectivity index (χ0v) is 11.2. The quantitative estimate of drug-likeness (QED) is 0.623. The molecule has 0 bridgehead atoms.